The van der Waals surface area contributed by atoms with Crippen LogP contribution in [0.1, 0.15) is 6.42 Å². The van der Waals surface area contributed by atoms with Gasteiger partial charge >= 0.3 is 27.3 Å². The van der Waals surface area contributed by atoms with Crippen LogP contribution in [-0.2, 0) is 0 Å². The smallest absolute Gasteiger partial charge is 0.0801 e. The van der Waals surface area contributed by atoms with E-state index in [1.165, 1.54) is 10.6 Å². The minimum atomic E-state index is -0.353. The Hall–Kier alpha value is -0.728. The molecule has 0 saturated carbocycles. The van der Waals surface area contributed by atoms with E-state index in [9.17, 15) is 0 Å². The molecule has 0 spiro atoms. The van der Waals surface area contributed by atoms with Crippen molar-refractivity contribution in [1.82, 2.24) is 0 Å². The fourth-order valence-corrected chi connectivity index (χ4v) is 4.66. The van der Waals surface area contributed by atoms with Crippen molar-refractivity contribution in [2.75, 3.05) is 0 Å². The summed E-state index contributed by atoms with van der Waals surface area (Å²) in [6, 6.07) is 21.7. The monoisotopic (exact) mass is 455 g/mol. The van der Waals surface area contributed by atoms with Crippen molar-refractivity contribution in [3.8, 4) is 0 Å². The summed E-state index contributed by atoms with van der Waals surface area (Å²) in [6.45, 7) is 0. The Morgan fingerprint density at radius 1 is 0.737 bits per heavy atom. The zero-order chi connectivity index (χ0) is 12.2. The van der Waals surface area contributed by atoms with Gasteiger partial charge in [-0.1, -0.05) is 78.9 Å². The molecule has 2 heteroatoms. The first-order valence-corrected chi connectivity index (χ1v) is 7.55. The van der Waals surface area contributed by atoms with E-state index in [2.05, 4.69) is 78.9 Å². The number of hydrogen-bond acceptors (Lipinski definition) is 0. The third kappa shape index (κ3) is 3.43. The summed E-state index contributed by atoms with van der Waals surface area (Å²) in [6.07, 6.45) is 7.80. The van der Waals surface area contributed by atoms with E-state index in [1.54, 1.807) is 5.31 Å². The van der Waals surface area contributed by atoms with E-state index < -0.39 is 0 Å². The SMILES string of the molecule is C1=CCC(P(c2ccccc2)c2ccccc2)=C1.[Tl+]. The third-order valence-corrected chi connectivity index (χ3v) is 5.60. The van der Waals surface area contributed by atoms with Crippen LogP contribution in [0.15, 0.2) is 84.2 Å². The van der Waals surface area contributed by atoms with Gasteiger partial charge in [-0.3, -0.25) is 0 Å². The minimum absolute atomic E-state index is 0. The van der Waals surface area contributed by atoms with Crippen LogP contribution in [0.5, 0.6) is 0 Å². The molecule has 19 heavy (non-hydrogen) atoms. The fraction of sp³-hybridized carbons (Fsp3) is 0.0588. The van der Waals surface area contributed by atoms with Gasteiger partial charge < -0.3 is 0 Å². The molecule has 1 aliphatic carbocycles. The van der Waals surface area contributed by atoms with Crippen molar-refractivity contribution in [2.45, 2.75) is 6.42 Å². The van der Waals surface area contributed by atoms with E-state index in [-0.39, 0.29) is 35.2 Å². The zero-order valence-corrected chi connectivity index (χ0v) is 16.1. The average Bonchev–Trinajstić information content (AvgIpc) is 2.95. The van der Waals surface area contributed by atoms with Gasteiger partial charge in [0.25, 0.3) is 0 Å². The number of hydrogen-bond donors (Lipinski definition) is 0. The Balaban J connectivity index is 0.00000133. The van der Waals surface area contributed by atoms with Crippen LogP contribution in [0.25, 0.3) is 0 Å². The van der Waals surface area contributed by atoms with Gasteiger partial charge in [0, 0.05) is 0 Å². The van der Waals surface area contributed by atoms with Crippen LogP contribution in [-0.4, -0.2) is 27.3 Å². The normalized spacial score (nSPS) is 13.2. The molecule has 0 nitrogen and oxygen atoms in total. The predicted molar refractivity (Wildman–Crippen MR) is 86.7 cm³/mol. The maximum Gasteiger partial charge on any atom is 1.00 e. The van der Waals surface area contributed by atoms with E-state index >= 15 is 0 Å². The van der Waals surface area contributed by atoms with Crippen LogP contribution in [0.2, 0.25) is 0 Å². The van der Waals surface area contributed by atoms with Crippen LogP contribution in [0.3, 0.4) is 0 Å². The minimum Gasteiger partial charge on any atom is -0.0801 e. The molecule has 2 aromatic rings. The van der Waals surface area contributed by atoms with Gasteiger partial charge in [-0.2, -0.15) is 0 Å². The molecule has 90 valence electrons. The van der Waals surface area contributed by atoms with Crippen molar-refractivity contribution in [2.24, 2.45) is 0 Å². The molecule has 0 saturated heterocycles. The van der Waals surface area contributed by atoms with Crippen LogP contribution < -0.4 is 10.6 Å². The molecule has 1 aliphatic rings. The van der Waals surface area contributed by atoms with E-state index in [1.807, 2.05) is 0 Å². The van der Waals surface area contributed by atoms with Gasteiger partial charge in [0.05, 0.1) is 0 Å². The van der Waals surface area contributed by atoms with Crippen molar-refractivity contribution in [3.05, 3.63) is 84.2 Å². The van der Waals surface area contributed by atoms with Crippen LogP contribution in [0.4, 0.5) is 0 Å². The zero-order valence-electron chi connectivity index (χ0n) is 10.7. The van der Waals surface area contributed by atoms with Gasteiger partial charge in [0.1, 0.15) is 0 Å². The van der Waals surface area contributed by atoms with Crippen molar-refractivity contribution in [1.29, 1.82) is 0 Å². The van der Waals surface area contributed by atoms with Crippen molar-refractivity contribution < 1.29 is 0 Å². The molecule has 0 heterocycles. The summed E-state index contributed by atoms with van der Waals surface area (Å²) in [5.74, 6) is 0. The molecule has 0 atom stereocenters. The van der Waals surface area contributed by atoms with E-state index in [0.29, 0.717) is 0 Å². The quantitative estimate of drug-likeness (QED) is 0.491. The largest absolute Gasteiger partial charge is 1.00 e. The van der Waals surface area contributed by atoms with Crippen molar-refractivity contribution >= 4 is 45.8 Å². The molecule has 2 aromatic carbocycles. The molecular weight excluding hydrogens is 440 g/mol. The molecule has 0 radical (unpaired) electrons. The predicted octanol–water partition coefficient (Wildman–Crippen LogP) is 3.58. The van der Waals surface area contributed by atoms with Crippen LogP contribution >= 0.6 is 7.92 Å². The van der Waals surface area contributed by atoms with Gasteiger partial charge in [-0.05, 0) is 30.3 Å². The van der Waals surface area contributed by atoms with Gasteiger partial charge in [-0.15, -0.1) is 0 Å². The fourth-order valence-electron chi connectivity index (χ4n) is 2.24. The summed E-state index contributed by atoms with van der Waals surface area (Å²) in [7, 11) is -0.353. The van der Waals surface area contributed by atoms with E-state index in [4.69, 9.17) is 0 Å². The average molecular weight is 455 g/mol. The molecule has 0 unspecified atom stereocenters. The number of allylic oxidation sites excluding steroid dienone is 4. The molecule has 3 rings (SSSR count). The molecular formula is C17H15PTl+. The van der Waals surface area contributed by atoms with Crippen LogP contribution in [0, 0.1) is 0 Å². The second-order valence-corrected chi connectivity index (χ2v) is 6.57. The number of rotatable bonds is 3. The molecule has 0 aromatic heterocycles. The second-order valence-electron chi connectivity index (χ2n) is 4.30. The number of benzene rings is 2. The maximum absolute atomic E-state index is 2.28. The standard InChI is InChI=1S/C17H15P.Tl/c1-3-9-15(10-4-1)18(17-13-7-8-14-17)16-11-5-2-6-12-16;/h1-13H,14H2;/q;+1. The second kappa shape index (κ2) is 7.16. The third-order valence-electron chi connectivity index (χ3n) is 3.07. The Bertz CT molecular complexity index is 533. The van der Waals surface area contributed by atoms with Crippen molar-refractivity contribution in [3.63, 3.8) is 0 Å². The van der Waals surface area contributed by atoms with Gasteiger partial charge in [0.15, 0.2) is 0 Å². The molecule has 0 fully saturated rings. The van der Waals surface area contributed by atoms with E-state index in [0.717, 1.165) is 6.42 Å². The van der Waals surface area contributed by atoms with Gasteiger partial charge in [0.2, 0.25) is 0 Å². The summed E-state index contributed by atoms with van der Waals surface area (Å²) in [5.41, 5.74) is 0. The molecule has 0 bridgehead atoms. The molecule has 0 N–H and O–H groups in total. The Kier molecular flexibility index (Phi) is 5.53. The summed E-state index contributed by atoms with van der Waals surface area (Å²) in [5, 5.41) is 4.42. The maximum atomic E-state index is 2.28. The first-order chi connectivity index (χ1) is 8.95. The summed E-state index contributed by atoms with van der Waals surface area (Å²) >= 11 is 0. The summed E-state index contributed by atoms with van der Waals surface area (Å²) in [4.78, 5) is 0. The first kappa shape index (κ1) is 14.7. The Morgan fingerprint density at radius 3 is 1.68 bits per heavy atom. The summed E-state index contributed by atoms with van der Waals surface area (Å²) < 4.78 is 0. The Morgan fingerprint density at radius 2 is 1.26 bits per heavy atom. The first-order valence-electron chi connectivity index (χ1n) is 6.21. The Labute approximate surface area is 136 Å². The van der Waals surface area contributed by atoms with Gasteiger partial charge in [-0.25, -0.2) is 0 Å². The topological polar surface area (TPSA) is 0 Å². The molecule has 0 amide bonds. The molecule has 0 aliphatic heterocycles.